The first-order chi connectivity index (χ1) is 17.5. The minimum absolute atomic E-state index is 0.205. The van der Waals surface area contributed by atoms with E-state index < -0.39 is 0 Å². The van der Waals surface area contributed by atoms with Gasteiger partial charge in [0.05, 0.1) is 10.0 Å². The summed E-state index contributed by atoms with van der Waals surface area (Å²) in [4.78, 5) is 20.6. The van der Waals surface area contributed by atoms with Crippen LogP contribution in [0.15, 0.2) is 36.4 Å². The molecule has 1 aliphatic carbocycles. The van der Waals surface area contributed by atoms with Crippen molar-refractivity contribution in [1.82, 2.24) is 10.6 Å². The predicted molar refractivity (Wildman–Crippen MR) is 159 cm³/mol. The van der Waals surface area contributed by atoms with Crippen LogP contribution >= 0.6 is 34.8 Å². The molecule has 8 heteroatoms. The Hall–Kier alpha value is -1.79. The largest absolute Gasteiger partial charge is 0.356 e. The van der Waals surface area contributed by atoms with Gasteiger partial charge in [-0.1, -0.05) is 107 Å². The lowest BCUT2D eigenvalue weighted by Crippen LogP contribution is -2.29. The van der Waals surface area contributed by atoms with Crippen molar-refractivity contribution >= 4 is 53.3 Å². The van der Waals surface area contributed by atoms with Gasteiger partial charge in [0.15, 0.2) is 0 Å². The Morgan fingerprint density at radius 1 is 0.973 bits per heavy atom. The number of benzene rings is 2. The highest BCUT2D eigenvalue weighted by Gasteiger charge is 2.12. The van der Waals surface area contributed by atoms with Gasteiger partial charge in [-0.15, -0.1) is 0 Å². The van der Waals surface area contributed by atoms with Crippen molar-refractivity contribution in [2.45, 2.75) is 85.2 Å². The van der Waals surface area contributed by atoms with Crippen LogP contribution in [-0.4, -0.2) is 25.4 Å². The topological polar surface area (TPSA) is 70.2 Å². The molecule has 206 valence electrons. The second-order valence-corrected chi connectivity index (χ2v) is 12.1. The van der Waals surface area contributed by atoms with E-state index in [0.29, 0.717) is 45.2 Å². The van der Waals surface area contributed by atoms with Crippen LogP contribution in [0.2, 0.25) is 15.1 Å². The van der Waals surface area contributed by atoms with E-state index in [0.717, 1.165) is 24.1 Å². The summed E-state index contributed by atoms with van der Waals surface area (Å²) in [5.41, 5.74) is 3.17. The third kappa shape index (κ3) is 14.7. The van der Waals surface area contributed by atoms with E-state index in [1.54, 1.807) is 18.2 Å². The third-order valence-electron chi connectivity index (χ3n) is 5.47. The fourth-order valence-corrected chi connectivity index (χ4v) is 4.37. The number of amides is 2. The zero-order valence-corrected chi connectivity index (χ0v) is 24.9. The molecule has 0 spiro atoms. The van der Waals surface area contributed by atoms with Crippen LogP contribution in [0.1, 0.15) is 83.8 Å². The smallest absolute Gasteiger partial charge is 0.211 e. The molecule has 1 unspecified atom stereocenters. The summed E-state index contributed by atoms with van der Waals surface area (Å²) in [7, 11) is 0. The average Bonchev–Trinajstić information content (AvgIpc) is 2.82. The molecule has 1 aliphatic rings. The van der Waals surface area contributed by atoms with Crippen molar-refractivity contribution in [3.63, 3.8) is 0 Å². The maximum atomic E-state index is 10.7. The van der Waals surface area contributed by atoms with Crippen LogP contribution < -0.4 is 16.0 Å². The zero-order valence-electron chi connectivity index (χ0n) is 22.7. The van der Waals surface area contributed by atoms with Crippen molar-refractivity contribution < 1.29 is 9.59 Å². The van der Waals surface area contributed by atoms with Gasteiger partial charge in [0.1, 0.15) is 0 Å². The fraction of sp³-hybridized carbons (Fsp3) is 0.517. The van der Waals surface area contributed by atoms with E-state index in [-0.39, 0.29) is 5.92 Å². The lowest BCUT2D eigenvalue weighted by molar-refractivity contribution is -0.110. The lowest BCUT2D eigenvalue weighted by Gasteiger charge is -2.19. The van der Waals surface area contributed by atoms with E-state index in [1.165, 1.54) is 32.1 Å². The van der Waals surface area contributed by atoms with Crippen molar-refractivity contribution in [2.24, 2.45) is 5.41 Å². The molecule has 1 saturated carbocycles. The number of hydrogen-bond donors (Lipinski definition) is 3. The number of anilines is 1. The molecule has 0 aromatic heterocycles. The first kappa shape index (κ1) is 33.2. The second-order valence-electron chi connectivity index (χ2n) is 10.9. The van der Waals surface area contributed by atoms with Crippen LogP contribution in [0.3, 0.4) is 0 Å². The molecule has 0 saturated heterocycles. The molecule has 5 nitrogen and oxygen atoms in total. The van der Waals surface area contributed by atoms with Crippen LogP contribution in [0.4, 0.5) is 5.69 Å². The Morgan fingerprint density at radius 2 is 1.62 bits per heavy atom. The van der Waals surface area contributed by atoms with Gasteiger partial charge in [-0.25, -0.2) is 0 Å². The minimum Gasteiger partial charge on any atom is -0.356 e. The van der Waals surface area contributed by atoms with Gasteiger partial charge in [0.2, 0.25) is 12.8 Å². The van der Waals surface area contributed by atoms with E-state index in [9.17, 15) is 9.59 Å². The Balaban J connectivity index is 0.000000400. The third-order valence-corrected chi connectivity index (χ3v) is 6.54. The summed E-state index contributed by atoms with van der Waals surface area (Å²) in [5.74, 6) is 0.205. The highest BCUT2D eigenvalue weighted by Crippen LogP contribution is 2.30. The predicted octanol–water partition coefficient (Wildman–Crippen LogP) is 8.23. The van der Waals surface area contributed by atoms with Crippen LogP contribution in [0, 0.1) is 5.41 Å². The summed E-state index contributed by atoms with van der Waals surface area (Å²) < 4.78 is 0. The van der Waals surface area contributed by atoms with E-state index in [1.807, 2.05) is 18.2 Å². The van der Waals surface area contributed by atoms with Gasteiger partial charge in [-0.3, -0.25) is 9.59 Å². The highest BCUT2D eigenvalue weighted by molar-refractivity contribution is 6.42. The summed E-state index contributed by atoms with van der Waals surface area (Å²) in [5, 5.41) is 10.6. The Morgan fingerprint density at radius 3 is 2.22 bits per heavy atom. The monoisotopic (exact) mass is 569 g/mol. The first-order valence-electron chi connectivity index (χ1n) is 12.8. The SMILES string of the molecule is CC(C)(C)C.CC(CNCc1ccc(Cl)cc1NC=O)c1cccc(Cl)c1Cl.O=CNC1CCCCC1. The Kier molecular flexibility index (Phi) is 15.9. The normalized spacial score (nSPS) is 14.3. The molecule has 0 bridgehead atoms. The van der Waals surface area contributed by atoms with Gasteiger partial charge in [-0.05, 0) is 53.5 Å². The quantitative estimate of drug-likeness (QED) is 0.266. The summed E-state index contributed by atoms with van der Waals surface area (Å²) in [6, 6.07) is 11.5. The van der Waals surface area contributed by atoms with E-state index >= 15 is 0 Å². The van der Waals surface area contributed by atoms with Gasteiger partial charge < -0.3 is 16.0 Å². The summed E-state index contributed by atoms with van der Waals surface area (Å²) in [6.45, 7) is 12.2. The van der Waals surface area contributed by atoms with Crippen LogP contribution in [0.25, 0.3) is 0 Å². The first-order valence-corrected chi connectivity index (χ1v) is 13.9. The molecular weight excluding hydrogens is 529 g/mol. The van der Waals surface area contributed by atoms with Crippen LogP contribution in [-0.2, 0) is 16.1 Å². The number of rotatable bonds is 9. The zero-order chi connectivity index (χ0) is 27.8. The molecule has 0 aliphatic heterocycles. The number of hydrogen-bond acceptors (Lipinski definition) is 3. The molecule has 1 atom stereocenters. The molecule has 3 rings (SSSR count). The molecule has 37 heavy (non-hydrogen) atoms. The Labute approximate surface area is 238 Å². The molecule has 1 fully saturated rings. The lowest BCUT2D eigenvalue weighted by atomic mass is 9.96. The van der Waals surface area contributed by atoms with Crippen LogP contribution in [0.5, 0.6) is 0 Å². The minimum atomic E-state index is 0.205. The maximum absolute atomic E-state index is 10.7. The second kappa shape index (κ2) is 17.7. The number of carbonyl (C=O) groups excluding carboxylic acids is 2. The van der Waals surface area contributed by atoms with E-state index in [2.05, 4.69) is 50.6 Å². The fourth-order valence-electron chi connectivity index (χ4n) is 3.70. The Bertz CT molecular complexity index is 952. The van der Waals surface area contributed by atoms with Gasteiger partial charge in [-0.2, -0.15) is 0 Å². The molecule has 2 aromatic rings. The molecular formula is C29H42Cl3N3O2. The molecule has 0 radical (unpaired) electrons. The van der Waals surface area contributed by atoms with Crippen molar-refractivity contribution in [3.05, 3.63) is 62.6 Å². The average molecular weight is 571 g/mol. The molecule has 3 N–H and O–H groups in total. The highest BCUT2D eigenvalue weighted by atomic mass is 35.5. The molecule has 2 amide bonds. The summed E-state index contributed by atoms with van der Waals surface area (Å²) >= 11 is 18.2. The number of carbonyl (C=O) groups is 2. The number of halogens is 3. The summed E-state index contributed by atoms with van der Waals surface area (Å²) in [6.07, 6.45) is 7.73. The molecule has 0 heterocycles. The van der Waals surface area contributed by atoms with Gasteiger partial charge >= 0.3 is 0 Å². The van der Waals surface area contributed by atoms with E-state index in [4.69, 9.17) is 34.8 Å². The molecule has 2 aromatic carbocycles. The van der Waals surface area contributed by atoms with Crippen molar-refractivity contribution in [1.29, 1.82) is 0 Å². The van der Waals surface area contributed by atoms with Gasteiger partial charge in [0, 0.05) is 29.8 Å². The number of nitrogens with one attached hydrogen (secondary N) is 3. The standard InChI is InChI=1S/C17H17Cl3N2O.C7H13NO.C5H12/c1-11(14-3-2-4-15(19)17(14)20)8-21-9-12-5-6-13(18)7-16(12)22-10-23;9-6-8-7-4-2-1-3-5-7;1-5(2,3)4/h2-7,10-11,21H,8-9H2,1H3,(H,22,23);6-7H,1-5H2,(H,8,9);1-4H3. The van der Waals surface area contributed by atoms with Gasteiger partial charge in [0.25, 0.3) is 0 Å². The van der Waals surface area contributed by atoms with Crippen molar-refractivity contribution in [3.8, 4) is 0 Å². The maximum Gasteiger partial charge on any atom is 0.211 e. The van der Waals surface area contributed by atoms with Crippen molar-refractivity contribution in [2.75, 3.05) is 11.9 Å².